The standard InChI is InChI=1S/C15H17N5O/c1-10-11(2)20(12-5-3-4-6-17-12)15-13(10)14(16)19(7-8-21)9-18-15/h3-6,9,16,21H,7-8H2,1-2H3. The Balaban J connectivity index is 2.36. The van der Waals surface area contributed by atoms with Crippen molar-refractivity contribution in [2.45, 2.75) is 20.4 Å². The molecule has 108 valence electrons. The van der Waals surface area contributed by atoms with Crippen LogP contribution >= 0.6 is 0 Å². The summed E-state index contributed by atoms with van der Waals surface area (Å²) in [5.74, 6) is 0.792. The Kier molecular flexibility index (Phi) is 3.31. The van der Waals surface area contributed by atoms with Crippen LogP contribution in [0.2, 0.25) is 0 Å². The van der Waals surface area contributed by atoms with Crippen molar-refractivity contribution in [2.24, 2.45) is 0 Å². The Morgan fingerprint density at radius 1 is 1.24 bits per heavy atom. The number of hydrogen-bond acceptors (Lipinski definition) is 4. The summed E-state index contributed by atoms with van der Waals surface area (Å²) in [5, 5.41) is 18.2. The molecule has 3 heterocycles. The Labute approximate surface area is 121 Å². The number of aryl methyl sites for hydroxylation is 1. The number of aliphatic hydroxyl groups is 1. The van der Waals surface area contributed by atoms with Gasteiger partial charge in [0.25, 0.3) is 0 Å². The van der Waals surface area contributed by atoms with Gasteiger partial charge in [-0.2, -0.15) is 0 Å². The molecule has 0 saturated heterocycles. The van der Waals surface area contributed by atoms with Gasteiger partial charge in [-0.1, -0.05) is 6.07 Å². The summed E-state index contributed by atoms with van der Waals surface area (Å²) in [6, 6.07) is 5.72. The number of pyridine rings is 1. The molecule has 0 saturated carbocycles. The number of nitrogens with zero attached hydrogens (tertiary/aromatic N) is 4. The Morgan fingerprint density at radius 3 is 2.71 bits per heavy atom. The molecule has 21 heavy (non-hydrogen) atoms. The highest BCUT2D eigenvalue weighted by Gasteiger charge is 2.16. The van der Waals surface area contributed by atoms with Gasteiger partial charge in [0.15, 0.2) is 5.65 Å². The van der Waals surface area contributed by atoms with Gasteiger partial charge >= 0.3 is 0 Å². The highest BCUT2D eigenvalue weighted by molar-refractivity contribution is 5.82. The molecule has 2 N–H and O–H groups in total. The molecule has 0 spiro atoms. The van der Waals surface area contributed by atoms with Gasteiger partial charge in [0.1, 0.15) is 11.3 Å². The maximum absolute atomic E-state index is 9.08. The van der Waals surface area contributed by atoms with E-state index in [-0.39, 0.29) is 6.61 Å². The molecule has 0 aliphatic rings. The van der Waals surface area contributed by atoms with Gasteiger partial charge in [0, 0.05) is 18.4 Å². The minimum absolute atomic E-state index is 0.0112. The second-order valence-electron chi connectivity index (χ2n) is 4.94. The fourth-order valence-corrected chi connectivity index (χ4v) is 2.56. The van der Waals surface area contributed by atoms with E-state index in [1.807, 2.05) is 36.6 Å². The normalized spacial score (nSPS) is 11.2. The molecule has 0 aliphatic carbocycles. The molecular formula is C15H17N5O. The highest BCUT2D eigenvalue weighted by atomic mass is 16.3. The molecule has 6 heteroatoms. The monoisotopic (exact) mass is 283 g/mol. The maximum Gasteiger partial charge on any atom is 0.151 e. The second kappa shape index (κ2) is 5.14. The first-order valence-corrected chi connectivity index (χ1v) is 6.79. The fourth-order valence-electron chi connectivity index (χ4n) is 2.56. The minimum atomic E-state index is -0.0112. The van der Waals surface area contributed by atoms with E-state index in [0.29, 0.717) is 12.0 Å². The number of aromatic nitrogens is 4. The average molecular weight is 283 g/mol. The van der Waals surface area contributed by atoms with Crippen LogP contribution in [0, 0.1) is 19.3 Å². The van der Waals surface area contributed by atoms with Crippen LogP contribution in [0.5, 0.6) is 0 Å². The highest BCUT2D eigenvalue weighted by Crippen LogP contribution is 2.23. The third-order valence-corrected chi connectivity index (χ3v) is 3.75. The molecule has 0 atom stereocenters. The fraction of sp³-hybridized carbons (Fsp3) is 0.267. The van der Waals surface area contributed by atoms with Crippen LogP contribution in [0.1, 0.15) is 11.3 Å². The molecule has 0 bridgehead atoms. The predicted octanol–water partition coefficient (Wildman–Crippen LogP) is 1.31. The van der Waals surface area contributed by atoms with Crippen molar-refractivity contribution in [3.63, 3.8) is 0 Å². The van der Waals surface area contributed by atoms with Gasteiger partial charge in [-0.25, -0.2) is 9.97 Å². The van der Waals surface area contributed by atoms with Crippen LogP contribution in [-0.4, -0.2) is 30.8 Å². The Bertz CT molecular complexity index is 848. The number of fused-ring (bicyclic) bond motifs is 1. The zero-order valence-corrected chi connectivity index (χ0v) is 12.0. The Hall–Kier alpha value is -2.47. The summed E-state index contributed by atoms with van der Waals surface area (Å²) in [6.45, 7) is 4.35. The molecule has 3 aromatic heterocycles. The molecule has 0 radical (unpaired) electrons. The average Bonchev–Trinajstić information content (AvgIpc) is 2.75. The van der Waals surface area contributed by atoms with Crippen molar-refractivity contribution in [3.05, 3.63) is 47.5 Å². The zero-order valence-electron chi connectivity index (χ0n) is 12.0. The molecular weight excluding hydrogens is 266 g/mol. The van der Waals surface area contributed by atoms with Crippen molar-refractivity contribution >= 4 is 11.0 Å². The molecule has 0 fully saturated rings. The van der Waals surface area contributed by atoms with Crippen molar-refractivity contribution in [3.8, 4) is 5.82 Å². The van der Waals surface area contributed by atoms with Gasteiger partial charge < -0.3 is 9.67 Å². The van der Waals surface area contributed by atoms with Crippen LogP contribution in [0.15, 0.2) is 30.7 Å². The van der Waals surface area contributed by atoms with Gasteiger partial charge in [-0.3, -0.25) is 9.98 Å². The van der Waals surface area contributed by atoms with Crippen LogP contribution in [-0.2, 0) is 6.54 Å². The van der Waals surface area contributed by atoms with Crippen molar-refractivity contribution in [1.82, 2.24) is 19.1 Å². The first-order chi connectivity index (χ1) is 10.1. The van der Waals surface area contributed by atoms with Crippen molar-refractivity contribution < 1.29 is 5.11 Å². The molecule has 3 rings (SSSR count). The summed E-state index contributed by atoms with van der Waals surface area (Å²) in [5.41, 5.74) is 3.12. The minimum Gasteiger partial charge on any atom is -0.395 e. The van der Waals surface area contributed by atoms with E-state index in [0.717, 1.165) is 28.1 Å². The van der Waals surface area contributed by atoms with E-state index < -0.39 is 0 Å². The first kappa shape index (κ1) is 13.5. The summed E-state index contributed by atoms with van der Waals surface area (Å²) in [7, 11) is 0. The lowest BCUT2D eigenvalue weighted by Crippen LogP contribution is -2.22. The lowest BCUT2D eigenvalue weighted by Gasteiger charge is -2.07. The van der Waals surface area contributed by atoms with E-state index in [4.69, 9.17) is 10.5 Å². The van der Waals surface area contributed by atoms with Crippen LogP contribution in [0.25, 0.3) is 16.9 Å². The quantitative estimate of drug-likeness (QED) is 0.760. The van der Waals surface area contributed by atoms with Gasteiger partial charge in [0.2, 0.25) is 0 Å². The van der Waals surface area contributed by atoms with E-state index in [1.54, 1.807) is 17.1 Å². The smallest absolute Gasteiger partial charge is 0.151 e. The number of nitrogens with one attached hydrogen (secondary N) is 1. The summed E-state index contributed by atoms with van der Waals surface area (Å²) >= 11 is 0. The molecule has 6 nitrogen and oxygen atoms in total. The summed E-state index contributed by atoms with van der Waals surface area (Å²) < 4.78 is 3.61. The SMILES string of the molecule is Cc1c(C)n(-c2ccccn2)c2ncn(CCO)c(=N)c12. The molecule has 0 aromatic carbocycles. The molecule has 0 unspecified atom stereocenters. The van der Waals surface area contributed by atoms with Crippen LogP contribution < -0.4 is 5.49 Å². The largest absolute Gasteiger partial charge is 0.395 e. The molecule has 3 aromatic rings. The van der Waals surface area contributed by atoms with E-state index >= 15 is 0 Å². The maximum atomic E-state index is 9.08. The summed E-state index contributed by atoms with van der Waals surface area (Å²) in [6.07, 6.45) is 3.34. The van der Waals surface area contributed by atoms with Crippen LogP contribution in [0.4, 0.5) is 0 Å². The molecule has 0 aliphatic heterocycles. The number of aliphatic hydroxyl groups excluding tert-OH is 1. The molecule has 0 amide bonds. The lowest BCUT2D eigenvalue weighted by atomic mass is 10.2. The number of rotatable bonds is 3. The first-order valence-electron chi connectivity index (χ1n) is 6.79. The predicted molar refractivity (Wildman–Crippen MR) is 79.3 cm³/mol. The zero-order chi connectivity index (χ0) is 15.0. The van der Waals surface area contributed by atoms with Gasteiger partial charge in [-0.05, 0) is 31.5 Å². The van der Waals surface area contributed by atoms with E-state index in [2.05, 4.69) is 9.97 Å². The van der Waals surface area contributed by atoms with E-state index in [1.165, 1.54) is 0 Å². The van der Waals surface area contributed by atoms with Crippen molar-refractivity contribution in [1.29, 1.82) is 5.41 Å². The Morgan fingerprint density at radius 2 is 2.05 bits per heavy atom. The third kappa shape index (κ3) is 2.04. The van der Waals surface area contributed by atoms with Crippen molar-refractivity contribution in [2.75, 3.05) is 6.61 Å². The van der Waals surface area contributed by atoms with Crippen LogP contribution in [0.3, 0.4) is 0 Å². The lowest BCUT2D eigenvalue weighted by molar-refractivity contribution is 0.273. The van der Waals surface area contributed by atoms with E-state index in [9.17, 15) is 0 Å². The number of hydrogen-bond donors (Lipinski definition) is 2. The second-order valence-corrected chi connectivity index (χ2v) is 4.94. The van der Waals surface area contributed by atoms with Gasteiger partial charge in [-0.15, -0.1) is 0 Å². The summed E-state index contributed by atoms with van der Waals surface area (Å²) in [4.78, 5) is 8.85. The van der Waals surface area contributed by atoms with Gasteiger partial charge in [0.05, 0.1) is 18.3 Å². The topological polar surface area (TPSA) is 79.7 Å². The third-order valence-electron chi connectivity index (χ3n) is 3.75.